The third-order valence-electron chi connectivity index (χ3n) is 4.06. The van der Waals surface area contributed by atoms with Crippen LogP contribution in [0.15, 0.2) is 5.22 Å². The lowest BCUT2D eigenvalue weighted by Crippen LogP contribution is -2.30. The van der Waals surface area contributed by atoms with Gasteiger partial charge in [-0.1, -0.05) is 20.3 Å². The summed E-state index contributed by atoms with van der Waals surface area (Å²) in [5.74, 6) is 0.338. The van der Waals surface area contributed by atoms with Gasteiger partial charge in [0.1, 0.15) is 16.9 Å². The lowest BCUT2D eigenvalue weighted by molar-refractivity contribution is -0.640. The minimum absolute atomic E-state index is 0.0469. The summed E-state index contributed by atoms with van der Waals surface area (Å²) in [6, 6.07) is 0. The first-order valence-electron chi connectivity index (χ1n) is 8.83. The van der Waals surface area contributed by atoms with Gasteiger partial charge in [0.05, 0.1) is 20.3 Å². The predicted molar refractivity (Wildman–Crippen MR) is 92.7 cm³/mol. The fraction of sp³-hybridized carbons (Fsp3) is 0.941. The molecular weight excluding hydrogens is 310 g/mol. The van der Waals surface area contributed by atoms with Crippen LogP contribution < -0.4 is 5.59 Å². The van der Waals surface area contributed by atoms with Crippen LogP contribution in [0.1, 0.15) is 67.2 Å². The van der Waals surface area contributed by atoms with Gasteiger partial charge in [-0.05, 0) is 58.5 Å². The van der Waals surface area contributed by atoms with E-state index in [2.05, 4.69) is 45.4 Å². The van der Waals surface area contributed by atoms with Gasteiger partial charge >= 0.3 is 6.16 Å². The third kappa shape index (κ3) is 11.2. The second-order valence-corrected chi connectivity index (χ2v) is 7.10. The molecule has 0 amide bonds. The van der Waals surface area contributed by atoms with Crippen molar-refractivity contribution >= 4 is 6.16 Å². The van der Waals surface area contributed by atoms with E-state index in [1.807, 2.05) is 14.0 Å². The zero-order valence-corrected chi connectivity index (χ0v) is 16.4. The summed E-state index contributed by atoms with van der Waals surface area (Å²) in [5.41, 5.74) is 2.54. The van der Waals surface area contributed by atoms with Crippen LogP contribution in [0, 0.1) is 5.92 Å². The maximum Gasteiger partial charge on any atom is 0.508 e. The molecule has 0 radical (unpaired) electrons. The topological polar surface area (TPSA) is 72.2 Å². The SMILES string of the molecule is CCC(C)C(C)OC(=O)OCCCCCONN=[N+](C)C(C)(C)C. The number of carbonyl (C=O) groups excluding carboxylic acids is 1. The van der Waals surface area contributed by atoms with E-state index in [0.29, 0.717) is 19.1 Å². The Morgan fingerprint density at radius 1 is 1.17 bits per heavy atom. The van der Waals surface area contributed by atoms with Crippen molar-refractivity contribution in [2.45, 2.75) is 78.9 Å². The molecule has 0 aliphatic carbocycles. The van der Waals surface area contributed by atoms with Crippen molar-refractivity contribution in [2.75, 3.05) is 20.3 Å². The van der Waals surface area contributed by atoms with Gasteiger partial charge in [-0.15, -0.1) is 0 Å². The summed E-state index contributed by atoms with van der Waals surface area (Å²) in [5, 5.41) is 4.08. The lowest BCUT2D eigenvalue weighted by atomic mass is 10.0. The standard InChI is InChI=1S/C17H35N3O4/c1-8-14(2)15(3)24-16(21)22-12-10-9-11-13-23-19-18-20(7)17(4,5)6/h14-15H,8-13H2,1-7H3/p+1. The number of carbonyl (C=O) groups is 1. The summed E-state index contributed by atoms with van der Waals surface area (Å²) in [4.78, 5) is 16.7. The molecule has 24 heavy (non-hydrogen) atoms. The van der Waals surface area contributed by atoms with Crippen molar-refractivity contribution in [1.82, 2.24) is 5.59 Å². The molecule has 7 heteroatoms. The van der Waals surface area contributed by atoms with Gasteiger partial charge in [-0.25, -0.2) is 4.79 Å². The predicted octanol–water partition coefficient (Wildman–Crippen LogP) is 4.07. The van der Waals surface area contributed by atoms with E-state index in [1.165, 1.54) is 0 Å². The number of nitrogens with one attached hydrogen (secondary N) is 1. The Morgan fingerprint density at radius 2 is 1.79 bits per heavy atom. The molecule has 0 rings (SSSR count). The molecule has 7 nitrogen and oxygen atoms in total. The van der Waals surface area contributed by atoms with E-state index in [9.17, 15) is 4.79 Å². The highest BCUT2D eigenvalue weighted by Crippen LogP contribution is 2.11. The van der Waals surface area contributed by atoms with E-state index in [1.54, 1.807) is 4.70 Å². The lowest BCUT2D eigenvalue weighted by Gasteiger charge is -2.18. The van der Waals surface area contributed by atoms with Crippen LogP contribution in [0.4, 0.5) is 4.79 Å². The van der Waals surface area contributed by atoms with E-state index in [-0.39, 0.29) is 11.6 Å². The van der Waals surface area contributed by atoms with Crippen molar-refractivity contribution in [3.05, 3.63) is 0 Å². The number of unbranched alkanes of at least 4 members (excludes halogenated alkanes) is 2. The van der Waals surface area contributed by atoms with Gasteiger partial charge in [-0.2, -0.15) is 9.53 Å². The maximum atomic E-state index is 11.5. The molecule has 2 unspecified atom stereocenters. The molecule has 0 aromatic rings. The minimum Gasteiger partial charge on any atom is -0.434 e. The molecular formula is C17H36N3O4+. The first kappa shape index (κ1) is 22.6. The second kappa shape index (κ2) is 12.1. The molecule has 0 heterocycles. The summed E-state index contributed by atoms with van der Waals surface area (Å²) in [7, 11) is 1.88. The molecule has 0 aliphatic heterocycles. The van der Waals surface area contributed by atoms with E-state index < -0.39 is 6.16 Å². The highest BCUT2D eigenvalue weighted by molar-refractivity contribution is 5.60. The Balaban J connectivity index is 3.56. The highest BCUT2D eigenvalue weighted by Gasteiger charge is 2.17. The molecule has 0 saturated heterocycles. The first-order chi connectivity index (χ1) is 11.2. The number of hydrogen-bond donors (Lipinski definition) is 1. The van der Waals surface area contributed by atoms with Gasteiger partial charge in [0.15, 0.2) is 0 Å². The van der Waals surface area contributed by atoms with Gasteiger partial charge in [0.2, 0.25) is 0 Å². The maximum absolute atomic E-state index is 11.5. The van der Waals surface area contributed by atoms with Crippen LogP contribution in [0.25, 0.3) is 0 Å². The van der Waals surface area contributed by atoms with Crippen LogP contribution >= 0.6 is 0 Å². The molecule has 0 saturated carbocycles. The Hall–Kier alpha value is -1.37. The molecule has 0 aromatic carbocycles. The van der Waals surface area contributed by atoms with Crippen LogP contribution in [0.3, 0.4) is 0 Å². The second-order valence-electron chi connectivity index (χ2n) is 7.10. The average molecular weight is 346 g/mol. The van der Waals surface area contributed by atoms with Gasteiger partial charge in [0.25, 0.3) is 0 Å². The third-order valence-corrected chi connectivity index (χ3v) is 4.06. The average Bonchev–Trinajstić information content (AvgIpc) is 2.51. The number of hydrogen-bond acceptors (Lipinski definition) is 5. The molecule has 0 bridgehead atoms. The summed E-state index contributed by atoms with van der Waals surface area (Å²) in [6.07, 6.45) is 2.84. The highest BCUT2D eigenvalue weighted by atomic mass is 16.7. The monoisotopic (exact) mass is 346 g/mol. The van der Waals surface area contributed by atoms with E-state index in [4.69, 9.17) is 14.3 Å². The number of nitrogens with zero attached hydrogens (tertiary/aromatic N) is 2. The Kier molecular flexibility index (Phi) is 11.4. The summed E-state index contributed by atoms with van der Waals surface area (Å²) < 4.78 is 12.1. The smallest absolute Gasteiger partial charge is 0.434 e. The van der Waals surface area contributed by atoms with Crippen molar-refractivity contribution in [3.8, 4) is 0 Å². The van der Waals surface area contributed by atoms with Crippen molar-refractivity contribution in [3.63, 3.8) is 0 Å². The zero-order chi connectivity index (χ0) is 18.6. The van der Waals surface area contributed by atoms with Crippen molar-refractivity contribution in [2.24, 2.45) is 11.1 Å². The molecule has 1 N–H and O–H groups in total. The van der Waals surface area contributed by atoms with Crippen LogP contribution in [0.2, 0.25) is 0 Å². The molecule has 0 spiro atoms. The molecule has 2 atom stereocenters. The fourth-order valence-electron chi connectivity index (χ4n) is 1.53. The quantitative estimate of drug-likeness (QED) is 0.201. The number of rotatable bonds is 11. The largest absolute Gasteiger partial charge is 0.508 e. The van der Waals surface area contributed by atoms with Crippen molar-refractivity contribution in [1.29, 1.82) is 0 Å². The van der Waals surface area contributed by atoms with E-state index >= 15 is 0 Å². The molecule has 0 aromatic heterocycles. The van der Waals surface area contributed by atoms with Crippen LogP contribution in [0.5, 0.6) is 0 Å². The first-order valence-corrected chi connectivity index (χ1v) is 8.83. The number of ether oxygens (including phenoxy) is 2. The fourth-order valence-corrected chi connectivity index (χ4v) is 1.53. The van der Waals surface area contributed by atoms with E-state index in [0.717, 1.165) is 25.7 Å². The van der Waals surface area contributed by atoms with Gasteiger partial charge in [-0.3, -0.25) is 0 Å². The molecule has 0 fully saturated rings. The van der Waals surface area contributed by atoms with Crippen LogP contribution in [-0.4, -0.2) is 42.8 Å². The molecule has 142 valence electrons. The Bertz CT molecular complexity index is 381. The minimum atomic E-state index is -0.579. The summed E-state index contributed by atoms with van der Waals surface area (Å²) in [6.45, 7) is 13.1. The van der Waals surface area contributed by atoms with Gasteiger partial charge in [0, 0.05) is 0 Å². The van der Waals surface area contributed by atoms with Crippen LogP contribution in [-0.2, 0) is 14.3 Å². The van der Waals surface area contributed by atoms with Gasteiger partial charge < -0.3 is 9.47 Å². The normalized spacial score (nSPS) is 14.9. The Morgan fingerprint density at radius 3 is 2.38 bits per heavy atom. The summed E-state index contributed by atoms with van der Waals surface area (Å²) >= 11 is 0. The molecule has 0 aliphatic rings. The van der Waals surface area contributed by atoms with Crippen molar-refractivity contribution < 1.29 is 23.8 Å². The zero-order valence-electron chi connectivity index (χ0n) is 16.4. The Labute approximate surface area is 146 Å².